The number of hydrogen-bond donors (Lipinski definition) is 1. The summed E-state index contributed by atoms with van der Waals surface area (Å²) in [5.41, 5.74) is 1.36. The number of carbonyl (C=O) groups excluding carboxylic acids is 1. The lowest BCUT2D eigenvalue weighted by Gasteiger charge is -2.13. The Morgan fingerprint density at radius 3 is 2.36 bits per heavy atom. The van der Waals surface area contributed by atoms with E-state index in [1.165, 1.54) is 18.2 Å². The predicted octanol–water partition coefficient (Wildman–Crippen LogP) is 4.32. The van der Waals surface area contributed by atoms with Crippen molar-refractivity contribution < 1.29 is 13.2 Å². The molecule has 5 nitrogen and oxygen atoms in total. The van der Waals surface area contributed by atoms with Gasteiger partial charge in [-0.3, -0.25) is 9.78 Å². The number of nitrogens with zero attached hydrogens (tertiary/aromatic N) is 1. The van der Waals surface area contributed by atoms with Crippen molar-refractivity contribution in [3.8, 4) is 0 Å². The lowest BCUT2D eigenvalue weighted by atomic mass is 10.1. The van der Waals surface area contributed by atoms with Gasteiger partial charge in [0.25, 0.3) is 5.91 Å². The number of carbonyl (C=O) groups is 1. The van der Waals surface area contributed by atoms with Gasteiger partial charge in [-0.15, -0.1) is 0 Å². The Morgan fingerprint density at radius 2 is 1.54 bits per heavy atom. The fourth-order valence-electron chi connectivity index (χ4n) is 3.02. The van der Waals surface area contributed by atoms with Crippen LogP contribution in [0.2, 0.25) is 0 Å². The number of aromatic nitrogens is 1. The number of fused-ring (bicyclic) bond motifs is 1. The average Bonchev–Trinajstić information content (AvgIpc) is 2.74. The standard InChI is InChI=1S/C22H16N2O3S/c25-22(18-10-6-13-19-17(18)11-7-15-23-19)24-20-12-4-5-14-21(20)28(26,27)16-8-2-1-3-9-16/h1-15H,(H,24,25). The Hall–Kier alpha value is -3.51. The van der Waals surface area contributed by atoms with Crippen LogP contribution in [0, 0.1) is 0 Å². The van der Waals surface area contributed by atoms with Crippen molar-refractivity contribution in [3.63, 3.8) is 0 Å². The number of nitrogens with one attached hydrogen (secondary N) is 1. The highest BCUT2D eigenvalue weighted by molar-refractivity contribution is 7.91. The highest BCUT2D eigenvalue weighted by Crippen LogP contribution is 2.28. The average molecular weight is 388 g/mol. The third-order valence-corrected chi connectivity index (χ3v) is 6.20. The van der Waals surface area contributed by atoms with Crippen molar-refractivity contribution in [1.82, 2.24) is 4.98 Å². The molecular formula is C22H16N2O3S. The van der Waals surface area contributed by atoms with E-state index in [0.29, 0.717) is 16.5 Å². The van der Waals surface area contributed by atoms with Gasteiger partial charge in [-0.1, -0.05) is 42.5 Å². The van der Waals surface area contributed by atoms with E-state index in [2.05, 4.69) is 10.3 Å². The highest BCUT2D eigenvalue weighted by Gasteiger charge is 2.22. The molecule has 0 atom stereocenters. The molecule has 1 heterocycles. The molecule has 3 aromatic carbocycles. The van der Waals surface area contributed by atoms with Crippen LogP contribution in [0.15, 0.2) is 101 Å². The van der Waals surface area contributed by atoms with Gasteiger partial charge in [0.15, 0.2) is 0 Å². The molecule has 1 N–H and O–H groups in total. The lowest BCUT2D eigenvalue weighted by molar-refractivity contribution is 0.102. The summed E-state index contributed by atoms with van der Waals surface area (Å²) in [4.78, 5) is 17.4. The van der Waals surface area contributed by atoms with E-state index in [1.54, 1.807) is 60.8 Å². The fraction of sp³-hybridized carbons (Fsp3) is 0. The summed E-state index contributed by atoms with van der Waals surface area (Å²) >= 11 is 0. The summed E-state index contributed by atoms with van der Waals surface area (Å²) in [5, 5.41) is 3.45. The molecule has 0 unspecified atom stereocenters. The number of anilines is 1. The van der Waals surface area contributed by atoms with Crippen molar-refractivity contribution in [2.45, 2.75) is 9.79 Å². The Bertz CT molecular complexity index is 1260. The molecule has 0 saturated heterocycles. The molecule has 0 aliphatic heterocycles. The van der Waals surface area contributed by atoms with E-state index in [9.17, 15) is 13.2 Å². The van der Waals surface area contributed by atoms with Crippen LogP contribution in [-0.4, -0.2) is 19.3 Å². The zero-order chi connectivity index (χ0) is 19.6. The van der Waals surface area contributed by atoms with Gasteiger partial charge >= 0.3 is 0 Å². The largest absolute Gasteiger partial charge is 0.321 e. The fourth-order valence-corrected chi connectivity index (χ4v) is 4.46. The molecular weight excluding hydrogens is 372 g/mol. The van der Waals surface area contributed by atoms with Crippen LogP contribution in [0.3, 0.4) is 0 Å². The van der Waals surface area contributed by atoms with E-state index < -0.39 is 15.7 Å². The molecule has 0 spiro atoms. The first-order valence-electron chi connectivity index (χ1n) is 8.61. The number of hydrogen-bond acceptors (Lipinski definition) is 4. The first-order chi connectivity index (χ1) is 13.6. The normalized spacial score (nSPS) is 11.3. The number of rotatable bonds is 4. The maximum atomic E-state index is 13.0. The van der Waals surface area contributed by atoms with E-state index in [0.717, 1.165) is 0 Å². The zero-order valence-electron chi connectivity index (χ0n) is 14.7. The van der Waals surface area contributed by atoms with Crippen LogP contribution in [-0.2, 0) is 9.84 Å². The summed E-state index contributed by atoms with van der Waals surface area (Å²) in [7, 11) is -3.77. The topological polar surface area (TPSA) is 76.1 Å². The number of pyridine rings is 1. The minimum absolute atomic E-state index is 0.0490. The Balaban J connectivity index is 1.75. The SMILES string of the molecule is O=C(Nc1ccccc1S(=O)(=O)c1ccccc1)c1cccc2ncccc12. The maximum absolute atomic E-state index is 13.0. The Labute approximate surface area is 162 Å². The second-order valence-corrected chi connectivity index (χ2v) is 8.06. The summed E-state index contributed by atoms with van der Waals surface area (Å²) < 4.78 is 26.0. The van der Waals surface area contributed by atoms with Crippen molar-refractivity contribution in [1.29, 1.82) is 0 Å². The maximum Gasteiger partial charge on any atom is 0.256 e. The number of benzene rings is 3. The number of sulfone groups is 1. The van der Waals surface area contributed by atoms with E-state index >= 15 is 0 Å². The van der Waals surface area contributed by atoms with Gasteiger partial charge in [0.2, 0.25) is 9.84 Å². The van der Waals surface area contributed by atoms with Gasteiger partial charge in [-0.2, -0.15) is 0 Å². The molecule has 138 valence electrons. The highest BCUT2D eigenvalue weighted by atomic mass is 32.2. The van der Waals surface area contributed by atoms with Crippen molar-refractivity contribution in [3.05, 3.63) is 96.7 Å². The second-order valence-electron chi connectivity index (χ2n) is 6.14. The van der Waals surface area contributed by atoms with Gasteiger partial charge in [-0.05, 0) is 42.5 Å². The van der Waals surface area contributed by atoms with Crippen LogP contribution < -0.4 is 5.32 Å². The monoisotopic (exact) mass is 388 g/mol. The predicted molar refractivity (Wildman–Crippen MR) is 108 cm³/mol. The number of amides is 1. The lowest BCUT2D eigenvalue weighted by Crippen LogP contribution is -2.15. The van der Waals surface area contributed by atoms with Crippen molar-refractivity contribution in [2.75, 3.05) is 5.32 Å². The molecule has 0 saturated carbocycles. The third-order valence-electron chi connectivity index (χ3n) is 4.37. The molecule has 0 fully saturated rings. The van der Waals surface area contributed by atoms with E-state index in [-0.39, 0.29) is 15.5 Å². The first-order valence-corrected chi connectivity index (χ1v) is 10.1. The van der Waals surface area contributed by atoms with E-state index in [1.807, 2.05) is 12.1 Å². The molecule has 0 radical (unpaired) electrons. The van der Waals surface area contributed by atoms with Gasteiger partial charge in [0.1, 0.15) is 0 Å². The van der Waals surface area contributed by atoms with Gasteiger partial charge in [0.05, 0.1) is 21.0 Å². The minimum atomic E-state index is -3.77. The minimum Gasteiger partial charge on any atom is -0.321 e. The van der Waals surface area contributed by atoms with Crippen LogP contribution in [0.5, 0.6) is 0 Å². The quantitative estimate of drug-likeness (QED) is 0.565. The number of para-hydroxylation sites is 1. The van der Waals surface area contributed by atoms with Gasteiger partial charge in [-0.25, -0.2) is 8.42 Å². The van der Waals surface area contributed by atoms with E-state index in [4.69, 9.17) is 0 Å². The molecule has 0 aliphatic carbocycles. The second kappa shape index (κ2) is 7.25. The van der Waals surface area contributed by atoms with Crippen molar-refractivity contribution in [2.24, 2.45) is 0 Å². The summed E-state index contributed by atoms with van der Waals surface area (Å²) in [6, 6.07) is 23.3. The van der Waals surface area contributed by atoms with Gasteiger partial charge in [0, 0.05) is 17.1 Å². The molecule has 6 heteroatoms. The van der Waals surface area contributed by atoms with Crippen LogP contribution in [0.1, 0.15) is 10.4 Å². The summed E-state index contributed by atoms with van der Waals surface area (Å²) in [6.07, 6.45) is 1.66. The van der Waals surface area contributed by atoms with Crippen molar-refractivity contribution >= 4 is 32.3 Å². The molecule has 1 aromatic heterocycles. The molecule has 0 bridgehead atoms. The summed E-state index contributed by atoms with van der Waals surface area (Å²) in [5.74, 6) is -0.394. The molecule has 1 amide bonds. The summed E-state index contributed by atoms with van der Waals surface area (Å²) in [6.45, 7) is 0. The molecule has 4 rings (SSSR count). The van der Waals surface area contributed by atoms with Gasteiger partial charge < -0.3 is 5.32 Å². The molecule has 28 heavy (non-hydrogen) atoms. The molecule has 4 aromatic rings. The van der Waals surface area contributed by atoms with Crippen LogP contribution >= 0.6 is 0 Å². The first kappa shape index (κ1) is 17.9. The smallest absolute Gasteiger partial charge is 0.256 e. The third kappa shape index (κ3) is 3.25. The molecule has 0 aliphatic rings. The van der Waals surface area contributed by atoms with Crippen LogP contribution in [0.25, 0.3) is 10.9 Å². The Morgan fingerprint density at radius 1 is 0.786 bits per heavy atom. The Kier molecular flexibility index (Phi) is 4.63. The van der Waals surface area contributed by atoms with Crippen LogP contribution in [0.4, 0.5) is 5.69 Å². The zero-order valence-corrected chi connectivity index (χ0v) is 15.6.